The van der Waals surface area contributed by atoms with Gasteiger partial charge in [0, 0.05) is 16.9 Å². The molecule has 0 fully saturated rings. The maximum absolute atomic E-state index is 12.1. The molecule has 9 heteroatoms. The first-order chi connectivity index (χ1) is 17.0. The Bertz CT molecular complexity index is 1190. The van der Waals surface area contributed by atoms with Gasteiger partial charge in [-0.15, -0.1) is 0 Å². The molecule has 0 heterocycles. The quantitative estimate of drug-likeness (QED) is 0.181. The second kappa shape index (κ2) is 12.9. The first-order valence-electron chi connectivity index (χ1n) is 10.6. The maximum Gasteiger partial charge on any atom is 0.329 e. The molecule has 3 aromatic carbocycles. The molecule has 178 valence electrons. The fourth-order valence-electron chi connectivity index (χ4n) is 2.77. The van der Waals surface area contributed by atoms with Gasteiger partial charge in [0.15, 0.2) is 6.61 Å². The van der Waals surface area contributed by atoms with E-state index in [0.717, 1.165) is 0 Å². The summed E-state index contributed by atoms with van der Waals surface area (Å²) in [5, 5.41) is 9.00. The third-order valence-electron chi connectivity index (χ3n) is 4.39. The van der Waals surface area contributed by atoms with Crippen LogP contribution < -0.4 is 25.5 Å². The summed E-state index contributed by atoms with van der Waals surface area (Å²) < 4.78 is 10.9. The minimum Gasteiger partial charge on any atom is -0.490 e. The first kappa shape index (κ1) is 24.7. The summed E-state index contributed by atoms with van der Waals surface area (Å²) in [5.74, 6) is -1.17. The van der Waals surface area contributed by atoms with Crippen LogP contribution in [0.5, 0.6) is 11.5 Å². The Hall–Kier alpha value is -4.92. The number of nitrogens with one attached hydrogen (secondary N) is 3. The lowest BCUT2D eigenvalue weighted by atomic mass is 10.2. The Morgan fingerprint density at radius 1 is 0.800 bits per heavy atom. The maximum atomic E-state index is 12.1. The highest BCUT2D eigenvalue weighted by atomic mass is 16.5. The third-order valence-corrected chi connectivity index (χ3v) is 4.39. The van der Waals surface area contributed by atoms with Gasteiger partial charge in [-0.2, -0.15) is 5.10 Å². The molecule has 0 saturated heterocycles. The van der Waals surface area contributed by atoms with Gasteiger partial charge < -0.3 is 20.1 Å². The van der Waals surface area contributed by atoms with Crippen molar-refractivity contribution in [3.63, 3.8) is 0 Å². The van der Waals surface area contributed by atoms with Crippen molar-refractivity contribution >= 4 is 35.3 Å². The number of ether oxygens (including phenoxy) is 2. The van der Waals surface area contributed by atoms with Gasteiger partial charge >= 0.3 is 11.8 Å². The van der Waals surface area contributed by atoms with E-state index in [1.54, 1.807) is 66.7 Å². The summed E-state index contributed by atoms with van der Waals surface area (Å²) in [4.78, 5) is 36.3. The standard InChI is InChI=1S/C26H24N4O5/c1-2-16-34-22-14-12-21(13-15-22)29-25(32)26(33)30-27-17-19-8-6-7-11-23(19)35-18-24(31)28-20-9-4-3-5-10-20/h2-15,17H,1,16,18H2,(H,28,31)(H,29,32)(H,30,33)/b27-17-. The van der Waals surface area contributed by atoms with Crippen molar-refractivity contribution in [1.82, 2.24) is 5.43 Å². The molecule has 0 unspecified atom stereocenters. The molecule has 0 spiro atoms. The summed E-state index contributed by atoms with van der Waals surface area (Å²) in [6.45, 7) is 3.72. The molecular weight excluding hydrogens is 448 g/mol. The highest BCUT2D eigenvalue weighted by Gasteiger charge is 2.13. The number of carbonyl (C=O) groups is 3. The van der Waals surface area contributed by atoms with E-state index in [1.807, 2.05) is 18.2 Å². The van der Waals surface area contributed by atoms with Crippen LogP contribution in [0.3, 0.4) is 0 Å². The van der Waals surface area contributed by atoms with E-state index in [4.69, 9.17) is 9.47 Å². The molecular formula is C26H24N4O5. The van der Waals surface area contributed by atoms with Crippen molar-refractivity contribution in [2.45, 2.75) is 0 Å². The van der Waals surface area contributed by atoms with Gasteiger partial charge in [-0.05, 0) is 48.5 Å². The lowest BCUT2D eigenvalue weighted by Gasteiger charge is -2.09. The summed E-state index contributed by atoms with van der Waals surface area (Å²) in [6, 6.07) is 22.4. The average molecular weight is 473 g/mol. The number of amides is 3. The average Bonchev–Trinajstić information content (AvgIpc) is 2.88. The van der Waals surface area contributed by atoms with Crippen LogP contribution in [0.25, 0.3) is 0 Å². The minimum absolute atomic E-state index is 0.216. The Morgan fingerprint density at radius 2 is 1.49 bits per heavy atom. The molecule has 3 aromatic rings. The van der Waals surface area contributed by atoms with Gasteiger partial charge in [-0.3, -0.25) is 14.4 Å². The molecule has 3 N–H and O–H groups in total. The molecule has 0 aliphatic heterocycles. The fourth-order valence-corrected chi connectivity index (χ4v) is 2.77. The van der Waals surface area contributed by atoms with Gasteiger partial charge in [0.05, 0.1) is 6.21 Å². The zero-order valence-corrected chi connectivity index (χ0v) is 18.8. The van der Waals surface area contributed by atoms with E-state index >= 15 is 0 Å². The molecule has 3 amide bonds. The van der Waals surface area contributed by atoms with Crippen LogP contribution in [-0.2, 0) is 14.4 Å². The normalized spacial score (nSPS) is 10.3. The van der Waals surface area contributed by atoms with Crippen molar-refractivity contribution in [3.05, 3.63) is 97.1 Å². The van der Waals surface area contributed by atoms with E-state index < -0.39 is 11.8 Å². The number of hydrogen-bond acceptors (Lipinski definition) is 6. The summed E-state index contributed by atoms with van der Waals surface area (Å²) in [7, 11) is 0. The summed E-state index contributed by atoms with van der Waals surface area (Å²) in [5.41, 5.74) is 3.76. The third kappa shape index (κ3) is 8.17. The molecule has 9 nitrogen and oxygen atoms in total. The number of benzene rings is 3. The summed E-state index contributed by atoms with van der Waals surface area (Å²) in [6.07, 6.45) is 2.94. The second-order valence-electron chi connectivity index (χ2n) is 7.02. The van der Waals surface area contributed by atoms with Gasteiger partial charge in [0.1, 0.15) is 18.1 Å². The predicted molar refractivity (Wildman–Crippen MR) is 134 cm³/mol. The Labute approximate surface area is 202 Å². The number of anilines is 2. The lowest BCUT2D eigenvalue weighted by Crippen LogP contribution is -2.32. The van der Waals surface area contributed by atoms with Gasteiger partial charge in [-0.1, -0.05) is 43.0 Å². The van der Waals surface area contributed by atoms with Crippen LogP contribution in [0.2, 0.25) is 0 Å². The van der Waals surface area contributed by atoms with Crippen molar-refractivity contribution in [1.29, 1.82) is 0 Å². The molecule has 0 aliphatic rings. The van der Waals surface area contributed by atoms with Gasteiger partial charge in [0.25, 0.3) is 5.91 Å². The van der Waals surface area contributed by atoms with Crippen LogP contribution >= 0.6 is 0 Å². The predicted octanol–water partition coefficient (Wildman–Crippen LogP) is 3.36. The number of nitrogens with zero attached hydrogens (tertiary/aromatic N) is 1. The fraction of sp³-hybridized carbons (Fsp3) is 0.0769. The minimum atomic E-state index is -0.950. The largest absolute Gasteiger partial charge is 0.490 e. The van der Waals surface area contributed by atoms with Crippen molar-refractivity contribution in [2.75, 3.05) is 23.8 Å². The Balaban J connectivity index is 1.49. The highest BCUT2D eigenvalue weighted by Crippen LogP contribution is 2.17. The topological polar surface area (TPSA) is 118 Å². The number of carbonyl (C=O) groups excluding carboxylic acids is 3. The van der Waals surface area contributed by atoms with Crippen LogP contribution in [0.4, 0.5) is 11.4 Å². The van der Waals surface area contributed by atoms with E-state index in [9.17, 15) is 14.4 Å². The van der Waals surface area contributed by atoms with Gasteiger partial charge in [-0.25, -0.2) is 5.43 Å². The zero-order chi connectivity index (χ0) is 24.9. The van der Waals surface area contributed by atoms with Gasteiger partial charge in [0.2, 0.25) is 0 Å². The smallest absolute Gasteiger partial charge is 0.329 e. The number of rotatable bonds is 10. The van der Waals surface area contributed by atoms with E-state index in [1.165, 1.54) is 6.21 Å². The molecule has 0 radical (unpaired) electrons. The summed E-state index contributed by atoms with van der Waals surface area (Å²) >= 11 is 0. The van der Waals surface area contributed by atoms with Crippen molar-refractivity contribution in [3.8, 4) is 11.5 Å². The van der Waals surface area contributed by atoms with Crippen LogP contribution in [-0.4, -0.2) is 37.1 Å². The molecule has 0 saturated carbocycles. The number of para-hydroxylation sites is 2. The highest BCUT2D eigenvalue weighted by molar-refractivity contribution is 6.39. The molecule has 0 aromatic heterocycles. The first-order valence-corrected chi connectivity index (χ1v) is 10.6. The van der Waals surface area contributed by atoms with Crippen LogP contribution in [0.15, 0.2) is 96.6 Å². The van der Waals surface area contributed by atoms with E-state index in [-0.39, 0.29) is 12.5 Å². The Morgan fingerprint density at radius 3 is 2.23 bits per heavy atom. The monoisotopic (exact) mass is 472 g/mol. The van der Waals surface area contributed by atoms with Crippen LogP contribution in [0, 0.1) is 0 Å². The lowest BCUT2D eigenvalue weighted by molar-refractivity contribution is -0.136. The number of hydrogen-bond donors (Lipinski definition) is 3. The van der Waals surface area contributed by atoms with Crippen molar-refractivity contribution in [2.24, 2.45) is 5.10 Å². The number of hydrazone groups is 1. The zero-order valence-electron chi connectivity index (χ0n) is 18.8. The SMILES string of the molecule is C=CCOc1ccc(NC(=O)C(=O)N/N=C\c2ccccc2OCC(=O)Nc2ccccc2)cc1. The molecule has 3 rings (SSSR count). The van der Waals surface area contributed by atoms with E-state index in [2.05, 4.69) is 27.7 Å². The van der Waals surface area contributed by atoms with Crippen LogP contribution in [0.1, 0.15) is 5.56 Å². The molecule has 0 bridgehead atoms. The van der Waals surface area contributed by atoms with E-state index in [0.29, 0.717) is 35.0 Å². The Kier molecular flexibility index (Phi) is 9.14. The molecule has 0 aliphatic carbocycles. The molecule has 35 heavy (non-hydrogen) atoms. The van der Waals surface area contributed by atoms with Crippen molar-refractivity contribution < 1.29 is 23.9 Å². The second-order valence-corrected chi connectivity index (χ2v) is 7.02. The molecule has 0 atom stereocenters.